The topological polar surface area (TPSA) is 33.5 Å². The van der Waals surface area contributed by atoms with Gasteiger partial charge in [-0.15, -0.1) is 0 Å². The molecule has 0 atom stereocenters. The summed E-state index contributed by atoms with van der Waals surface area (Å²) in [5, 5.41) is 0.626. The predicted molar refractivity (Wildman–Crippen MR) is 94.7 cm³/mol. The number of furan rings is 1. The molecule has 22 heavy (non-hydrogen) atoms. The van der Waals surface area contributed by atoms with Crippen molar-refractivity contribution in [2.45, 2.75) is 6.92 Å². The Labute approximate surface area is 142 Å². The molecule has 112 valence electrons. The van der Waals surface area contributed by atoms with Gasteiger partial charge in [0, 0.05) is 18.2 Å². The van der Waals surface area contributed by atoms with Crippen LogP contribution in [-0.4, -0.2) is 21.7 Å². The molecular weight excluding hydrogens is 338 g/mol. The van der Waals surface area contributed by atoms with E-state index in [-0.39, 0.29) is 5.91 Å². The fourth-order valence-corrected chi connectivity index (χ4v) is 3.73. The van der Waals surface area contributed by atoms with Gasteiger partial charge in [0.2, 0.25) is 0 Å². The molecule has 1 aromatic heterocycles. The molecule has 3 nitrogen and oxygen atoms in total. The minimum atomic E-state index is -0.0757. The van der Waals surface area contributed by atoms with E-state index in [1.165, 1.54) is 11.8 Å². The maximum atomic E-state index is 12.2. The Morgan fingerprint density at radius 2 is 2.09 bits per heavy atom. The maximum absolute atomic E-state index is 12.2. The van der Waals surface area contributed by atoms with E-state index in [1.54, 1.807) is 11.0 Å². The highest BCUT2D eigenvalue weighted by Gasteiger charge is 2.30. The molecule has 0 unspecified atom stereocenters. The number of thiocarbonyl (C=S) groups is 1. The third-order valence-electron chi connectivity index (χ3n) is 3.23. The van der Waals surface area contributed by atoms with Crippen LogP contribution in [0, 0.1) is 0 Å². The first kappa shape index (κ1) is 15.3. The van der Waals surface area contributed by atoms with Crippen molar-refractivity contribution < 1.29 is 9.21 Å². The Balaban J connectivity index is 1.90. The molecular formula is C16H12ClNO2S2. The summed E-state index contributed by atoms with van der Waals surface area (Å²) in [6, 6.07) is 11.1. The van der Waals surface area contributed by atoms with Crippen molar-refractivity contribution in [3.8, 4) is 11.3 Å². The van der Waals surface area contributed by atoms with Crippen molar-refractivity contribution in [3.05, 3.63) is 52.1 Å². The van der Waals surface area contributed by atoms with E-state index in [2.05, 4.69) is 0 Å². The minimum absolute atomic E-state index is 0.0757. The van der Waals surface area contributed by atoms with Crippen LogP contribution in [0.5, 0.6) is 0 Å². The second-order valence-corrected chi connectivity index (χ2v) is 6.69. The lowest BCUT2D eigenvalue weighted by Crippen LogP contribution is -2.27. The normalized spacial score (nSPS) is 16.8. The highest BCUT2D eigenvalue weighted by molar-refractivity contribution is 8.26. The molecule has 1 aliphatic heterocycles. The van der Waals surface area contributed by atoms with Gasteiger partial charge in [0.05, 0.1) is 9.93 Å². The van der Waals surface area contributed by atoms with Gasteiger partial charge in [0.1, 0.15) is 15.8 Å². The molecule has 1 aromatic carbocycles. The highest BCUT2D eigenvalue weighted by atomic mass is 35.5. The summed E-state index contributed by atoms with van der Waals surface area (Å²) in [5.74, 6) is 1.20. The van der Waals surface area contributed by atoms with Crippen molar-refractivity contribution in [2.24, 2.45) is 0 Å². The number of likely N-dealkylation sites (N-methyl/N-ethyl adjacent to an activating group) is 1. The molecule has 1 amide bonds. The van der Waals surface area contributed by atoms with Gasteiger partial charge in [-0.3, -0.25) is 9.69 Å². The third kappa shape index (κ3) is 2.84. The van der Waals surface area contributed by atoms with Gasteiger partial charge >= 0.3 is 0 Å². The number of benzene rings is 1. The quantitative estimate of drug-likeness (QED) is 0.587. The number of hydrogen-bond acceptors (Lipinski definition) is 4. The zero-order valence-corrected chi connectivity index (χ0v) is 14.1. The largest absolute Gasteiger partial charge is 0.457 e. The van der Waals surface area contributed by atoms with Gasteiger partial charge in [0.25, 0.3) is 5.91 Å². The van der Waals surface area contributed by atoms with Crippen LogP contribution in [0.15, 0.2) is 45.7 Å². The van der Waals surface area contributed by atoms with E-state index in [4.69, 9.17) is 28.2 Å². The number of rotatable bonds is 3. The van der Waals surface area contributed by atoms with E-state index < -0.39 is 0 Å². The Hall–Kier alpha value is -1.56. The fraction of sp³-hybridized carbons (Fsp3) is 0.125. The van der Waals surface area contributed by atoms with Crippen LogP contribution in [0.4, 0.5) is 0 Å². The van der Waals surface area contributed by atoms with Crippen molar-refractivity contribution in [3.63, 3.8) is 0 Å². The number of hydrogen-bond donors (Lipinski definition) is 0. The van der Waals surface area contributed by atoms with Gasteiger partial charge in [0.15, 0.2) is 0 Å². The van der Waals surface area contributed by atoms with Crippen molar-refractivity contribution in [2.75, 3.05) is 6.54 Å². The third-order valence-corrected chi connectivity index (χ3v) is 4.94. The standard InChI is InChI=1S/C16H12ClNO2S2/c1-2-18-15(19)14(22-16(18)21)9-10-7-8-13(20-10)11-5-3-4-6-12(11)17/h3-9H,2H2,1H3. The molecule has 1 fully saturated rings. The molecule has 0 aliphatic carbocycles. The summed E-state index contributed by atoms with van der Waals surface area (Å²) < 4.78 is 6.36. The number of carbonyl (C=O) groups is 1. The van der Waals surface area contributed by atoms with Crippen LogP contribution in [-0.2, 0) is 4.79 Å². The lowest BCUT2D eigenvalue weighted by atomic mass is 10.2. The molecule has 0 N–H and O–H groups in total. The summed E-state index contributed by atoms with van der Waals surface area (Å²) in [7, 11) is 0. The van der Waals surface area contributed by atoms with E-state index >= 15 is 0 Å². The van der Waals surface area contributed by atoms with Crippen LogP contribution in [0.2, 0.25) is 5.02 Å². The molecule has 3 rings (SSSR count). The maximum Gasteiger partial charge on any atom is 0.266 e. The summed E-state index contributed by atoms with van der Waals surface area (Å²) >= 11 is 12.6. The van der Waals surface area contributed by atoms with Gasteiger partial charge in [-0.25, -0.2) is 0 Å². The van der Waals surface area contributed by atoms with Gasteiger partial charge in [-0.1, -0.05) is 47.7 Å². The molecule has 6 heteroatoms. The molecule has 0 radical (unpaired) electrons. The smallest absolute Gasteiger partial charge is 0.266 e. The zero-order chi connectivity index (χ0) is 15.7. The monoisotopic (exact) mass is 349 g/mol. The van der Waals surface area contributed by atoms with Crippen molar-refractivity contribution in [1.29, 1.82) is 0 Å². The van der Waals surface area contributed by atoms with Crippen molar-refractivity contribution >= 4 is 51.9 Å². The Kier molecular flexibility index (Phi) is 4.38. The lowest BCUT2D eigenvalue weighted by Gasteiger charge is -2.09. The Bertz CT molecular complexity index is 782. The Morgan fingerprint density at radius 3 is 2.77 bits per heavy atom. The minimum Gasteiger partial charge on any atom is -0.457 e. The van der Waals surface area contributed by atoms with Crippen LogP contribution in [0.1, 0.15) is 12.7 Å². The molecule has 0 spiro atoms. The molecule has 0 bridgehead atoms. The van der Waals surface area contributed by atoms with Crippen LogP contribution < -0.4 is 0 Å². The number of nitrogens with zero attached hydrogens (tertiary/aromatic N) is 1. The molecule has 1 aliphatic rings. The number of halogens is 1. The average Bonchev–Trinajstić information content (AvgIpc) is 3.05. The van der Waals surface area contributed by atoms with E-state index in [0.717, 1.165) is 5.56 Å². The van der Waals surface area contributed by atoms with E-state index in [9.17, 15) is 4.79 Å². The summed E-state index contributed by atoms with van der Waals surface area (Å²) in [5.41, 5.74) is 0.824. The molecule has 1 saturated heterocycles. The average molecular weight is 350 g/mol. The van der Waals surface area contributed by atoms with Crippen LogP contribution >= 0.6 is 35.6 Å². The predicted octanol–water partition coefficient (Wildman–Crippen LogP) is 4.82. The number of thioether (sulfide) groups is 1. The first-order valence-corrected chi connectivity index (χ1v) is 8.30. The SMILES string of the molecule is CCN1C(=O)C(=Cc2ccc(-c3ccccc3Cl)o2)SC1=S. The molecule has 2 aromatic rings. The Morgan fingerprint density at radius 1 is 1.32 bits per heavy atom. The summed E-state index contributed by atoms with van der Waals surface area (Å²) in [4.78, 5) is 14.3. The molecule has 2 heterocycles. The highest BCUT2D eigenvalue weighted by Crippen LogP contribution is 2.34. The zero-order valence-electron chi connectivity index (χ0n) is 11.7. The van der Waals surface area contributed by atoms with Gasteiger partial charge in [-0.05, 0) is 31.2 Å². The van der Waals surface area contributed by atoms with Crippen LogP contribution in [0.25, 0.3) is 17.4 Å². The van der Waals surface area contributed by atoms with E-state index in [1.807, 2.05) is 43.3 Å². The first-order valence-electron chi connectivity index (χ1n) is 6.70. The lowest BCUT2D eigenvalue weighted by molar-refractivity contribution is -0.121. The second kappa shape index (κ2) is 6.28. The number of carbonyl (C=O) groups excluding carboxylic acids is 1. The van der Waals surface area contributed by atoms with Crippen LogP contribution in [0.3, 0.4) is 0 Å². The summed E-state index contributed by atoms with van der Waals surface area (Å²) in [6.45, 7) is 2.47. The van der Waals surface area contributed by atoms with E-state index in [0.29, 0.717) is 32.3 Å². The fourth-order valence-electron chi connectivity index (χ4n) is 2.14. The number of amides is 1. The van der Waals surface area contributed by atoms with Crippen molar-refractivity contribution in [1.82, 2.24) is 4.90 Å². The second-order valence-electron chi connectivity index (χ2n) is 4.61. The first-order chi connectivity index (χ1) is 10.6. The van der Waals surface area contributed by atoms with Gasteiger partial charge in [-0.2, -0.15) is 0 Å². The molecule has 0 saturated carbocycles. The van der Waals surface area contributed by atoms with Gasteiger partial charge < -0.3 is 4.42 Å². The summed E-state index contributed by atoms with van der Waals surface area (Å²) in [6.07, 6.45) is 1.72.